The highest BCUT2D eigenvalue weighted by Gasteiger charge is 2.42. The third kappa shape index (κ3) is 1.99. The summed E-state index contributed by atoms with van der Waals surface area (Å²) in [5, 5.41) is 0. The number of carbonyl (C=O) groups excluding carboxylic acids is 1. The van der Waals surface area contributed by atoms with E-state index >= 15 is 0 Å². The summed E-state index contributed by atoms with van der Waals surface area (Å²) in [7, 11) is 0. The molecule has 5 heteroatoms. The van der Waals surface area contributed by atoms with Crippen LogP contribution in [-0.4, -0.2) is 33.9 Å². The lowest BCUT2D eigenvalue weighted by atomic mass is 9.86. The molecule has 1 saturated carbocycles. The van der Waals surface area contributed by atoms with E-state index in [0.717, 1.165) is 19.5 Å². The highest BCUT2D eigenvalue weighted by Crippen LogP contribution is 2.45. The molecule has 1 aromatic carbocycles. The fraction of sp³-hybridized carbons (Fsp3) is 0.500. The van der Waals surface area contributed by atoms with Crippen LogP contribution in [0.2, 0.25) is 0 Å². The molecule has 2 heterocycles. The zero-order chi connectivity index (χ0) is 14.4. The van der Waals surface area contributed by atoms with Crippen LogP contribution >= 0.6 is 0 Å². The smallest absolute Gasteiger partial charge is 0.323 e. The highest BCUT2D eigenvalue weighted by atomic mass is 16.2. The van der Waals surface area contributed by atoms with E-state index in [-0.39, 0.29) is 11.6 Å². The minimum absolute atomic E-state index is 0.0413. The molecule has 2 N–H and O–H groups in total. The number of benzene rings is 1. The molecule has 2 aliphatic rings. The third-order valence-electron chi connectivity index (χ3n) is 5.17. The number of fused-ring (bicyclic) bond motifs is 1. The second kappa shape index (κ2) is 4.48. The minimum Gasteiger partial charge on any atom is -0.338 e. The monoisotopic (exact) mass is 285 g/mol. The standard InChI is InChI=1S/C16H19N3O2/c20-14(19-9-8-16(10-19)6-1-2-7-16)11-4-3-5-12-13(11)18-15(21)17-12/h3-5H,1-2,6-10H2,(H2,17,18,21). The number of carbonyl (C=O) groups is 1. The Labute approximate surface area is 122 Å². The van der Waals surface area contributed by atoms with E-state index in [4.69, 9.17) is 0 Å². The molecule has 1 spiro atoms. The van der Waals surface area contributed by atoms with Crippen LogP contribution in [0.4, 0.5) is 0 Å². The number of rotatable bonds is 1. The van der Waals surface area contributed by atoms with Crippen molar-refractivity contribution >= 4 is 16.9 Å². The van der Waals surface area contributed by atoms with Crippen molar-refractivity contribution in [2.45, 2.75) is 32.1 Å². The second-order valence-electron chi connectivity index (χ2n) is 6.49. The number of amides is 1. The first-order chi connectivity index (χ1) is 10.2. The summed E-state index contributed by atoms with van der Waals surface area (Å²) in [6.45, 7) is 1.71. The van der Waals surface area contributed by atoms with Crippen LogP contribution in [-0.2, 0) is 0 Å². The average Bonchev–Trinajstić information content (AvgIpc) is 3.18. The Morgan fingerprint density at radius 3 is 2.76 bits per heavy atom. The maximum atomic E-state index is 12.8. The van der Waals surface area contributed by atoms with E-state index in [1.54, 1.807) is 6.07 Å². The van der Waals surface area contributed by atoms with Crippen LogP contribution in [0.5, 0.6) is 0 Å². The number of nitrogens with one attached hydrogen (secondary N) is 2. The van der Waals surface area contributed by atoms with E-state index in [1.165, 1.54) is 25.7 Å². The van der Waals surface area contributed by atoms with Crippen LogP contribution < -0.4 is 5.69 Å². The minimum atomic E-state index is -0.265. The van der Waals surface area contributed by atoms with Crippen LogP contribution in [0.25, 0.3) is 11.0 Å². The summed E-state index contributed by atoms with van der Waals surface area (Å²) in [5.74, 6) is 0.0413. The lowest BCUT2D eigenvalue weighted by Crippen LogP contribution is -2.31. The predicted molar refractivity (Wildman–Crippen MR) is 80.3 cm³/mol. The van der Waals surface area contributed by atoms with Gasteiger partial charge in [0.05, 0.1) is 16.6 Å². The maximum absolute atomic E-state index is 12.8. The lowest BCUT2D eigenvalue weighted by Gasteiger charge is -2.23. The van der Waals surface area contributed by atoms with E-state index in [1.807, 2.05) is 17.0 Å². The van der Waals surface area contributed by atoms with Gasteiger partial charge in [0.25, 0.3) is 5.91 Å². The first-order valence-electron chi connectivity index (χ1n) is 7.67. The molecular formula is C16H19N3O2. The van der Waals surface area contributed by atoms with Crippen molar-refractivity contribution in [3.63, 3.8) is 0 Å². The first kappa shape index (κ1) is 12.7. The highest BCUT2D eigenvalue weighted by molar-refractivity contribution is 6.04. The van der Waals surface area contributed by atoms with Gasteiger partial charge in [0.15, 0.2) is 0 Å². The van der Waals surface area contributed by atoms with Crippen molar-refractivity contribution in [3.05, 3.63) is 34.2 Å². The molecule has 1 saturated heterocycles. The second-order valence-corrected chi connectivity index (χ2v) is 6.49. The zero-order valence-electron chi connectivity index (χ0n) is 11.9. The SMILES string of the molecule is O=C(c1cccc2[nH]c(=O)[nH]c12)N1CCC2(CCCC2)C1. The molecule has 0 bridgehead atoms. The Bertz CT molecular complexity index is 752. The Morgan fingerprint density at radius 1 is 1.14 bits per heavy atom. The molecule has 1 aromatic heterocycles. The Balaban J connectivity index is 1.66. The van der Waals surface area contributed by atoms with Crippen molar-refractivity contribution in [3.8, 4) is 0 Å². The number of aromatic nitrogens is 2. The summed E-state index contributed by atoms with van der Waals surface area (Å²) in [5.41, 5.74) is 2.02. The van der Waals surface area contributed by atoms with Gasteiger partial charge in [-0.25, -0.2) is 4.79 Å². The van der Waals surface area contributed by atoms with E-state index in [0.29, 0.717) is 22.0 Å². The number of H-pyrrole nitrogens is 2. The van der Waals surface area contributed by atoms with Crippen molar-refractivity contribution < 1.29 is 4.79 Å². The summed E-state index contributed by atoms with van der Waals surface area (Å²) < 4.78 is 0. The quantitative estimate of drug-likeness (QED) is 0.844. The van der Waals surface area contributed by atoms with Gasteiger partial charge in [0.1, 0.15) is 0 Å². The summed E-state index contributed by atoms with van der Waals surface area (Å²) in [6.07, 6.45) is 6.22. The fourth-order valence-electron chi connectivity index (χ4n) is 4.05. The Kier molecular flexibility index (Phi) is 2.71. The fourth-order valence-corrected chi connectivity index (χ4v) is 4.05. The molecule has 21 heavy (non-hydrogen) atoms. The van der Waals surface area contributed by atoms with Gasteiger partial charge < -0.3 is 14.9 Å². The van der Waals surface area contributed by atoms with Gasteiger partial charge in [0, 0.05) is 13.1 Å². The van der Waals surface area contributed by atoms with Gasteiger partial charge in [-0.3, -0.25) is 4.79 Å². The summed E-state index contributed by atoms with van der Waals surface area (Å²) in [6, 6.07) is 5.43. The largest absolute Gasteiger partial charge is 0.338 e. The summed E-state index contributed by atoms with van der Waals surface area (Å²) in [4.78, 5) is 31.7. The van der Waals surface area contributed by atoms with Crippen LogP contribution in [0, 0.1) is 5.41 Å². The van der Waals surface area contributed by atoms with E-state index < -0.39 is 0 Å². The zero-order valence-corrected chi connectivity index (χ0v) is 11.9. The molecule has 1 aliphatic heterocycles. The first-order valence-corrected chi connectivity index (χ1v) is 7.67. The molecule has 0 unspecified atom stereocenters. The molecule has 2 fully saturated rings. The molecule has 2 aromatic rings. The van der Waals surface area contributed by atoms with Gasteiger partial charge >= 0.3 is 5.69 Å². The molecule has 4 rings (SSSR count). The number of hydrogen-bond donors (Lipinski definition) is 2. The number of aromatic amines is 2. The van der Waals surface area contributed by atoms with Crippen molar-refractivity contribution in [1.29, 1.82) is 0 Å². The van der Waals surface area contributed by atoms with Gasteiger partial charge in [0.2, 0.25) is 0 Å². The number of para-hydroxylation sites is 1. The molecule has 110 valence electrons. The number of likely N-dealkylation sites (tertiary alicyclic amines) is 1. The van der Waals surface area contributed by atoms with Gasteiger partial charge in [-0.15, -0.1) is 0 Å². The molecule has 1 amide bonds. The van der Waals surface area contributed by atoms with E-state index in [2.05, 4.69) is 9.97 Å². The van der Waals surface area contributed by atoms with E-state index in [9.17, 15) is 9.59 Å². The van der Waals surface area contributed by atoms with Crippen molar-refractivity contribution in [2.24, 2.45) is 5.41 Å². The van der Waals surface area contributed by atoms with Crippen LogP contribution in [0.15, 0.2) is 23.0 Å². The lowest BCUT2D eigenvalue weighted by molar-refractivity contribution is 0.0775. The number of nitrogens with zero attached hydrogens (tertiary/aromatic N) is 1. The summed E-state index contributed by atoms with van der Waals surface area (Å²) >= 11 is 0. The normalized spacial score (nSPS) is 20.7. The molecule has 1 aliphatic carbocycles. The van der Waals surface area contributed by atoms with Crippen molar-refractivity contribution in [1.82, 2.24) is 14.9 Å². The third-order valence-corrected chi connectivity index (χ3v) is 5.17. The topological polar surface area (TPSA) is 69.0 Å². The molecule has 0 atom stereocenters. The van der Waals surface area contributed by atoms with Crippen LogP contribution in [0.3, 0.4) is 0 Å². The van der Waals surface area contributed by atoms with Gasteiger partial charge in [-0.05, 0) is 36.8 Å². The predicted octanol–water partition coefficient (Wildman–Crippen LogP) is 2.26. The van der Waals surface area contributed by atoms with Crippen LogP contribution in [0.1, 0.15) is 42.5 Å². The Hall–Kier alpha value is -2.04. The average molecular weight is 285 g/mol. The Morgan fingerprint density at radius 2 is 1.95 bits per heavy atom. The number of imidazole rings is 1. The van der Waals surface area contributed by atoms with Crippen molar-refractivity contribution in [2.75, 3.05) is 13.1 Å². The van der Waals surface area contributed by atoms with Gasteiger partial charge in [-0.1, -0.05) is 18.9 Å². The number of hydrogen-bond acceptors (Lipinski definition) is 2. The molecule has 0 radical (unpaired) electrons. The molecular weight excluding hydrogens is 266 g/mol. The maximum Gasteiger partial charge on any atom is 0.323 e. The molecule has 5 nitrogen and oxygen atoms in total. The van der Waals surface area contributed by atoms with Gasteiger partial charge in [-0.2, -0.15) is 0 Å².